The molecule has 1 aromatic carbocycles. The number of halogens is 1. The van der Waals surface area contributed by atoms with Gasteiger partial charge in [0.15, 0.2) is 5.58 Å². The predicted molar refractivity (Wildman–Crippen MR) is 86.3 cm³/mol. The summed E-state index contributed by atoms with van der Waals surface area (Å²) in [6.07, 6.45) is 0.147. The molecule has 1 amide bonds. The Labute approximate surface area is 138 Å². The molecule has 0 aliphatic carbocycles. The van der Waals surface area contributed by atoms with Gasteiger partial charge in [-0.1, -0.05) is 23.4 Å². The molecular formula is C15H17ClN2O3S. The van der Waals surface area contributed by atoms with Gasteiger partial charge in [-0.15, -0.1) is 0 Å². The van der Waals surface area contributed by atoms with Crippen molar-refractivity contribution in [1.29, 1.82) is 0 Å². The molecule has 1 aliphatic rings. The Kier molecular flexibility index (Phi) is 4.61. The van der Waals surface area contributed by atoms with Gasteiger partial charge in [0.05, 0.1) is 18.0 Å². The number of amides is 1. The van der Waals surface area contributed by atoms with Crippen LogP contribution in [0.4, 0.5) is 0 Å². The smallest absolute Gasteiger partial charge is 0.257 e. The van der Waals surface area contributed by atoms with Crippen molar-refractivity contribution in [2.75, 3.05) is 18.8 Å². The Morgan fingerprint density at radius 1 is 1.41 bits per heavy atom. The third-order valence-corrected chi connectivity index (χ3v) is 4.47. The molecule has 2 heterocycles. The van der Waals surface area contributed by atoms with Crippen molar-refractivity contribution in [3.63, 3.8) is 0 Å². The van der Waals surface area contributed by atoms with Crippen LogP contribution in [0.3, 0.4) is 0 Å². The summed E-state index contributed by atoms with van der Waals surface area (Å²) in [6, 6.07) is 5.28. The number of thioether (sulfide) groups is 1. The van der Waals surface area contributed by atoms with Crippen molar-refractivity contribution in [2.45, 2.75) is 31.3 Å². The third-order valence-electron chi connectivity index (χ3n) is 3.42. The SMILES string of the molecule is C[C@H]1CN(C(=O)CSc2nc3cc(Cl)ccc3o2)C[C@H](C)O1. The second kappa shape index (κ2) is 6.48. The molecular weight excluding hydrogens is 324 g/mol. The summed E-state index contributed by atoms with van der Waals surface area (Å²) < 4.78 is 11.2. The van der Waals surface area contributed by atoms with Gasteiger partial charge in [-0.25, -0.2) is 4.98 Å². The molecule has 0 saturated carbocycles. The summed E-state index contributed by atoms with van der Waals surface area (Å²) in [6.45, 7) is 5.22. The molecule has 2 aromatic rings. The van der Waals surface area contributed by atoms with Crippen LogP contribution in [0.5, 0.6) is 0 Å². The maximum atomic E-state index is 12.3. The number of benzene rings is 1. The molecule has 22 heavy (non-hydrogen) atoms. The van der Waals surface area contributed by atoms with E-state index in [1.54, 1.807) is 18.2 Å². The summed E-state index contributed by atoms with van der Waals surface area (Å²) in [4.78, 5) is 18.5. The lowest BCUT2D eigenvalue weighted by Gasteiger charge is -2.35. The zero-order valence-corrected chi connectivity index (χ0v) is 14.0. The lowest BCUT2D eigenvalue weighted by Crippen LogP contribution is -2.48. The van der Waals surface area contributed by atoms with E-state index in [2.05, 4.69) is 4.98 Å². The molecule has 7 heteroatoms. The fourth-order valence-electron chi connectivity index (χ4n) is 2.54. The Bertz CT molecular complexity index is 680. The van der Waals surface area contributed by atoms with Gasteiger partial charge in [-0.05, 0) is 32.0 Å². The number of morpholine rings is 1. The normalized spacial score (nSPS) is 22.2. The molecule has 1 aliphatic heterocycles. The second-order valence-electron chi connectivity index (χ2n) is 5.44. The number of rotatable bonds is 3. The first kappa shape index (κ1) is 15.6. The predicted octanol–water partition coefficient (Wildman–Crippen LogP) is 3.21. The van der Waals surface area contributed by atoms with Gasteiger partial charge in [0.1, 0.15) is 5.52 Å². The molecule has 0 unspecified atom stereocenters. The zero-order chi connectivity index (χ0) is 15.7. The van der Waals surface area contributed by atoms with Crippen molar-refractivity contribution in [3.05, 3.63) is 23.2 Å². The number of aromatic nitrogens is 1. The number of ether oxygens (including phenoxy) is 1. The first-order valence-corrected chi connectivity index (χ1v) is 8.50. The van der Waals surface area contributed by atoms with Crippen molar-refractivity contribution in [1.82, 2.24) is 9.88 Å². The topological polar surface area (TPSA) is 55.6 Å². The number of carbonyl (C=O) groups is 1. The largest absolute Gasteiger partial charge is 0.431 e. The number of fused-ring (bicyclic) bond motifs is 1. The van der Waals surface area contributed by atoms with Crippen LogP contribution in [0.15, 0.2) is 27.8 Å². The Hall–Kier alpha value is -1.24. The van der Waals surface area contributed by atoms with Gasteiger partial charge in [0, 0.05) is 18.1 Å². The van der Waals surface area contributed by atoms with Crippen LogP contribution in [-0.4, -0.2) is 46.8 Å². The van der Waals surface area contributed by atoms with Crippen molar-refractivity contribution in [3.8, 4) is 0 Å². The highest BCUT2D eigenvalue weighted by Gasteiger charge is 2.26. The number of carbonyl (C=O) groups excluding carboxylic acids is 1. The maximum absolute atomic E-state index is 12.3. The Morgan fingerprint density at radius 2 is 2.14 bits per heavy atom. The van der Waals surface area contributed by atoms with Gasteiger partial charge in [0.2, 0.25) is 5.91 Å². The highest BCUT2D eigenvalue weighted by atomic mass is 35.5. The second-order valence-corrected chi connectivity index (χ2v) is 6.80. The monoisotopic (exact) mass is 340 g/mol. The van der Waals surface area contributed by atoms with Crippen molar-refractivity contribution < 1.29 is 13.9 Å². The van der Waals surface area contributed by atoms with Crippen LogP contribution in [-0.2, 0) is 9.53 Å². The van der Waals surface area contributed by atoms with E-state index >= 15 is 0 Å². The molecule has 0 spiro atoms. The minimum absolute atomic E-state index is 0.0733. The zero-order valence-electron chi connectivity index (χ0n) is 12.4. The highest BCUT2D eigenvalue weighted by molar-refractivity contribution is 7.99. The minimum Gasteiger partial charge on any atom is -0.431 e. The van der Waals surface area contributed by atoms with E-state index in [1.807, 2.05) is 18.7 Å². The molecule has 1 fully saturated rings. The summed E-state index contributed by atoms with van der Waals surface area (Å²) in [5.41, 5.74) is 1.38. The average Bonchev–Trinajstić information content (AvgIpc) is 2.85. The van der Waals surface area contributed by atoms with Gasteiger partial charge in [-0.3, -0.25) is 4.79 Å². The van der Waals surface area contributed by atoms with Crippen molar-refractivity contribution in [2.24, 2.45) is 0 Å². The molecule has 1 saturated heterocycles. The van der Waals surface area contributed by atoms with Gasteiger partial charge >= 0.3 is 0 Å². The maximum Gasteiger partial charge on any atom is 0.257 e. The van der Waals surface area contributed by atoms with E-state index in [0.717, 1.165) is 0 Å². The van der Waals surface area contributed by atoms with Crippen LogP contribution in [0.1, 0.15) is 13.8 Å². The number of hydrogen-bond donors (Lipinski definition) is 0. The van der Waals surface area contributed by atoms with Gasteiger partial charge in [-0.2, -0.15) is 0 Å². The molecule has 5 nitrogen and oxygen atoms in total. The lowest BCUT2D eigenvalue weighted by atomic mass is 10.2. The van der Waals surface area contributed by atoms with Crippen LogP contribution >= 0.6 is 23.4 Å². The summed E-state index contributed by atoms with van der Waals surface area (Å²) in [7, 11) is 0. The summed E-state index contributed by atoms with van der Waals surface area (Å²) >= 11 is 7.23. The molecule has 3 rings (SSSR count). The first-order valence-electron chi connectivity index (χ1n) is 7.13. The minimum atomic E-state index is 0.0733. The molecule has 0 bridgehead atoms. The lowest BCUT2D eigenvalue weighted by molar-refractivity contribution is -0.140. The van der Waals surface area contributed by atoms with Gasteiger partial charge in [0.25, 0.3) is 5.22 Å². The Balaban J connectivity index is 1.62. The summed E-state index contributed by atoms with van der Waals surface area (Å²) in [5.74, 6) is 0.382. The van der Waals surface area contributed by atoms with E-state index in [0.29, 0.717) is 40.2 Å². The summed E-state index contributed by atoms with van der Waals surface area (Å²) in [5, 5.41) is 1.10. The standard InChI is InChI=1S/C15H17ClN2O3S/c1-9-6-18(7-10(2)20-9)14(19)8-22-15-17-12-5-11(16)3-4-13(12)21-15/h3-5,9-10H,6-8H2,1-2H3/t9-,10-/m0/s1. The van der Waals surface area contributed by atoms with Crippen LogP contribution < -0.4 is 0 Å². The van der Waals surface area contributed by atoms with E-state index < -0.39 is 0 Å². The number of hydrogen-bond acceptors (Lipinski definition) is 5. The van der Waals surface area contributed by atoms with Crippen molar-refractivity contribution >= 4 is 40.4 Å². The molecule has 1 aromatic heterocycles. The van der Waals surface area contributed by atoms with Crippen LogP contribution in [0.25, 0.3) is 11.1 Å². The number of oxazole rings is 1. The van der Waals surface area contributed by atoms with E-state index in [4.69, 9.17) is 20.8 Å². The fraction of sp³-hybridized carbons (Fsp3) is 0.467. The molecule has 2 atom stereocenters. The van der Waals surface area contributed by atoms with Gasteiger partial charge < -0.3 is 14.1 Å². The Morgan fingerprint density at radius 3 is 2.86 bits per heavy atom. The molecule has 0 N–H and O–H groups in total. The van der Waals surface area contributed by atoms with E-state index in [1.165, 1.54) is 11.8 Å². The van der Waals surface area contributed by atoms with E-state index in [9.17, 15) is 4.79 Å². The first-order chi connectivity index (χ1) is 10.5. The molecule has 0 radical (unpaired) electrons. The molecule has 118 valence electrons. The van der Waals surface area contributed by atoms with Crippen LogP contribution in [0, 0.1) is 0 Å². The van der Waals surface area contributed by atoms with E-state index in [-0.39, 0.29) is 18.1 Å². The van der Waals surface area contributed by atoms with Crippen LogP contribution in [0.2, 0.25) is 5.02 Å². The highest BCUT2D eigenvalue weighted by Crippen LogP contribution is 2.26. The number of nitrogens with zero attached hydrogens (tertiary/aromatic N) is 2. The quantitative estimate of drug-likeness (QED) is 0.803. The fourth-order valence-corrected chi connectivity index (χ4v) is 3.44. The average molecular weight is 341 g/mol. The third kappa shape index (κ3) is 3.56.